The van der Waals surface area contributed by atoms with Crippen molar-refractivity contribution in [1.29, 1.82) is 0 Å². The first-order chi connectivity index (χ1) is 10.1. The first-order valence-corrected chi connectivity index (χ1v) is 9.07. The van der Waals surface area contributed by atoms with Crippen LogP contribution in [0.5, 0.6) is 0 Å². The van der Waals surface area contributed by atoms with Gasteiger partial charge in [0, 0.05) is 33.3 Å². The summed E-state index contributed by atoms with van der Waals surface area (Å²) in [5, 5.41) is 10.9. The Morgan fingerprint density at radius 1 is 1.43 bits per heavy atom. The summed E-state index contributed by atoms with van der Waals surface area (Å²) < 4.78 is 4.74. The molecule has 3 aromatic heterocycles. The Bertz CT molecular complexity index is 728. The number of halogens is 1. The normalized spacial score (nSPS) is 13.1. The number of fused-ring (bicyclic) bond motifs is 1. The van der Waals surface area contributed by atoms with Crippen LogP contribution in [0.25, 0.3) is 9.40 Å². The highest BCUT2D eigenvalue weighted by molar-refractivity contribution is 7.26. The van der Waals surface area contributed by atoms with E-state index < -0.39 is 0 Å². The highest BCUT2D eigenvalue weighted by Crippen LogP contribution is 2.35. The van der Waals surface area contributed by atoms with Crippen LogP contribution in [-0.2, 0) is 13.0 Å². The molecule has 0 spiro atoms. The van der Waals surface area contributed by atoms with Crippen LogP contribution in [0.1, 0.15) is 29.2 Å². The van der Waals surface area contributed by atoms with Crippen LogP contribution < -0.4 is 5.32 Å². The Labute approximate surface area is 137 Å². The van der Waals surface area contributed by atoms with Crippen LogP contribution in [0.15, 0.2) is 17.5 Å². The summed E-state index contributed by atoms with van der Waals surface area (Å²) in [6, 6.07) is 4.75. The van der Waals surface area contributed by atoms with E-state index in [1.165, 1.54) is 14.3 Å². The number of hydrogen-bond acceptors (Lipinski definition) is 4. The number of nitrogens with one attached hydrogen (secondary N) is 1. The molecule has 0 aromatic carbocycles. The molecule has 0 bridgehead atoms. The second-order valence-corrected chi connectivity index (χ2v) is 7.45. The second-order valence-electron chi connectivity index (χ2n) is 5.01. The minimum atomic E-state index is 0.272. The molecule has 3 heterocycles. The average Bonchev–Trinajstić information content (AvgIpc) is 3.12. The zero-order chi connectivity index (χ0) is 15.0. The Morgan fingerprint density at radius 2 is 2.24 bits per heavy atom. The Kier molecular flexibility index (Phi) is 4.36. The number of aryl methyl sites for hydroxylation is 2. The third-order valence-electron chi connectivity index (χ3n) is 3.70. The number of likely N-dealkylation sites (N-methyl/N-ethyl adjacent to an activating group) is 1. The maximum Gasteiger partial charge on any atom is 0.0847 e. The number of aromatic nitrogens is 2. The van der Waals surface area contributed by atoms with Crippen molar-refractivity contribution in [3.8, 4) is 0 Å². The van der Waals surface area contributed by atoms with Crippen LogP contribution in [0.3, 0.4) is 0 Å². The minimum absolute atomic E-state index is 0.272. The molecule has 3 aromatic rings. The van der Waals surface area contributed by atoms with Gasteiger partial charge in [-0.05, 0) is 38.4 Å². The summed E-state index contributed by atoms with van der Waals surface area (Å²) in [5.41, 5.74) is 2.03. The predicted octanol–water partition coefficient (Wildman–Crippen LogP) is 4.64. The fraction of sp³-hybridized carbons (Fsp3) is 0.400. The highest BCUT2D eigenvalue weighted by Gasteiger charge is 2.20. The molecule has 0 amide bonds. The SMILES string of the molecule is CCn1nc(C)c(Cl)c1CC(NC)c1cc2sccc2s1. The van der Waals surface area contributed by atoms with Crippen molar-refractivity contribution in [3.05, 3.63) is 38.8 Å². The van der Waals surface area contributed by atoms with Gasteiger partial charge in [0.15, 0.2) is 0 Å². The van der Waals surface area contributed by atoms with Crippen molar-refractivity contribution in [2.75, 3.05) is 7.05 Å². The van der Waals surface area contributed by atoms with Crippen molar-refractivity contribution in [2.45, 2.75) is 32.9 Å². The Morgan fingerprint density at radius 3 is 2.90 bits per heavy atom. The van der Waals surface area contributed by atoms with Gasteiger partial charge in [-0.3, -0.25) is 4.68 Å². The van der Waals surface area contributed by atoms with Crippen molar-refractivity contribution in [1.82, 2.24) is 15.1 Å². The molecule has 112 valence electrons. The average molecular weight is 340 g/mol. The monoisotopic (exact) mass is 339 g/mol. The van der Waals surface area contributed by atoms with Crippen LogP contribution in [-0.4, -0.2) is 16.8 Å². The fourth-order valence-corrected chi connectivity index (χ4v) is 5.00. The van der Waals surface area contributed by atoms with Gasteiger partial charge in [-0.15, -0.1) is 22.7 Å². The number of thiophene rings is 2. The summed E-state index contributed by atoms with van der Waals surface area (Å²) in [6.07, 6.45) is 0.859. The third kappa shape index (κ3) is 2.75. The zero-order valence-electron chi connectivity index (χ0n) is 12.3. The molecule has 0 aliphatic heterocycles. The van der Waals surface area contributed by atoms with Crippen LogP contribution >= 0.6 is 34.3 Å². The third-order valence-corrected chi connectivity index (χ3v) is 6.40. The molecular formula is C15H18ClN3S2. The molecule has 1 atom stereocenters. The van der Waals surface area contributed by atoms with Crippen LogP contribution in [0.4, 0.5) is 0 Å². The van der Waals surface area contributed by atoms with Gasteiger partial charge < -0.3 is 5.32 Å². The molecule has 0 aliphatic rings. The Hall–Kier alpha value is -0.880. The number of hydrogen-bond donors (Lipinski definition) is 1. The summed E-state index contributed by atoms with van der Waals surface area (Å²) in [6.45, 7) is 4.91. The lowest BCUT2D eigenvalue weighted by Crippen LogP contribution is -2.19. The van der Waals surface area contributed by atoms with Crippen LogP contribution in [0, 0.1) is 6.92 Å². The van der Waals surface area contributed by atoms with E-state index in [0.717, 1.165) is 29.4 Å². The molecule has 0 fully saturated rings. The van der Waals surface area contributed by atoms with Crippen LogP contribution in [0.2, 0.25) is 5.02 Å². The summed E-state index contributed by atoms with van der Waals surface area (Å²) in [5.74, 6) is 0. The topological polar surface area (TPSA) is 29.9 Å². The van der Waals surface area contributed by atoms with Crippen molar-refractivity contribution in [3.63, 3.8) is 0 Å². The Balaban J connectivity index is 1.92. The zero-order valence-corrected chi connectivity index (χ0v) is 14.7. The molecule has 3 rings (SSSR count). The lowest BCUT2D eigenvalue weighted by Gasteiger charge is -2.15. The molecule has 1 unspecified atom stereocenters. The first kappa shape index (κ1) is 15.0. The number of rotatable bonds is 5. The van der Waals surface area contributed by atoms with Gasteiger partial charge in [0.05, 0.1) is 16.4 Å². The van der Waals surface area contributed by atoms with E-state index in [1.54, 1.807) is 11.3 Å². The molecule has 21 heavy (non-hydrogen) atoms. The van der Waals surface area contributed by atoms with E-state index in [9.17, 15) is 0 Å². The molecule has 0 saturated heterocycles. The molecule has 0 aliphatic carbocycles. The molecule has 0 radical (unpaired) electrons. The highest BCUT2D eigenvalue weighted by atomic mass is 35.5. The fourth-order valence-electron chi connectivity index (χ4n) is 2.56. The van der Waals surface area contributed by atoms with E-state index in [-0.39, 0.29) is 6.04 Å². The molecule has 1 N–H and O–H groups in total. The van der Waals surface area contributed by atoms with Gasteiger partial charge in [-0.1, -0.05) is 11.6 Å². The summed E-state index contributed by atoms with van der Waals surface area (Å²) in [7, 11) is 2.01. The molecular weight excluding hydrogens is 322 g/mol. The van der Waals surface area contributed by atoms with Crippen molar-refractivity contribution >= 4 is 43.7 Å². The molecule has 6 heteroatoms. The van der Waals surface area contributed by atoms with E-state index in [1.807, 2.05) is 30.0 Å². The maximum absolute atomic E-state index is 6.43. The van der Waals surface area contributed by atoms with Gasteiger partial charge in [0.25, 0.3) is 0 Å². The van der Waals surface area contributed by atoms with Gasteiger partial charge in [0.1, 0.15) is 0 Å². The van der Waals surface area contributed by atoms with Crippen molar-refractivity contribution < 1.29 is 0 Å². The second kappa shape index (κ2) is 6.08. The standard InChI is InChI=1S/C15H18ClN3S2/c1-4-19-11(15(16)9(2)18-19)7-10(17-3)13-8-14-12(21-13)5-6-20-14/h5-6,8,10,17H,4,7H2,1-3H3. The van der Waals surface area contributed by atoms with Gasteiger partial charge in [-0.2, -0.15) is 5.10 Å². The lowest BCUT2D eigenvalue weighted by molar-refractivity contribution is 0.547. The molecule has 0 saturated carbocycles. The number of nitrogens with zero attached hydrogens (tertiary/aromatic N) is 2. The largest absolute Gasteiger partial charge is 0.312 e. The maximum atomic E-state index is 6.43. The van der Waals surface area contributed by atoms with E-state index in [4.69, 9.17) is 11.6 Å². The van der Waals surface area contributed by atoms with Gasteiger partial charge in [-0.25, -0.2) is 0 Å². The smallest absolute Gasteiger partial charge is 0.0847 e. The summed E-state index contributed by atoms with van der Waals surface area (Å²) in [4.78, 5) is 1.36. The lowest BCUT2D eigenvalue weighted by atomic mass is 10.1. The van der Waals surface area contributed by atoms with E-state index >= 15 is 0 Å². The van der Waals surface area contributed by atoms with Crippen molar-refractivity contribution in [2.24, 2.45) is 0 Å². The van der Waals surface area contributed by atoms with E-state index in [0.29, 0.717) is 0 Å². The first-order valence-electron chi connectivity index (χ1n) is 7.00. The van der Waals surface area contributed by atoms with Gasteiger partial charge in [0.2, 0.25) is 0 Å². The summed E-state index contributed by atoms with van der Waals surface area (Å²) >= 11 is 10.1. The minimum Gasteiger partial charge on any atom is -0.312 e. The predicted molar refractivity (Wildman–Crippen MR) is 92.9 cm³/mol. The molecule has 3 nitrogen and oxygen atoms in total. The van der Waals surface area contributed by atoms with E-state index in [2.05, 4.69) is 34.9 Å². The quantitative estimate of drug-likeness (QED) is 0.733. The van der Waals surface area contributed by atoms with Gasteiger partial charge >= 0.3 is 0 Å².